The number of rotatable bonds is 4. The number of carbonyl (C=O) groups is 1. The number of benzene rings is 1. The lowest BCUT2D eigenvalue weighted by atomic mass is 10.1. The molecule has 0 fully saturated rings. The fourth-order valence-corrected chi connectivity index (χ4v) is 1.20. The summed E-state index contributed by atoms with van der Waals surface area (Å²) in [6.45, 7) is 2.76. The Kier molecular flexibility index (Phi) is 4.24. The summed E-state index contributed by atoms with van der Waals surface area (Å²) >= 11 is 0. The van der Waals surface area contributed by atoms with Gasteiger partial charge in [-0.1, -0.05) is 13.0 Å². The van der Waals surface area contributed by atoms with Crippen LogP contribution in [0.4, 0.5) is 4.39 Å². The van der Waals surface area contributed by atoms with E-state index in [0.717, 1.165) is 6.42 Å². The number of nitrogens with one attached hydrogen (secondary N) is 1. The van der Waals surface area contributed by atoms with Crippen LogP contribution >= 0.6 is 0 Å². The zero-order valence-corrected chi connectivity index (χ0v) is 8.72. The van der Waals surface area contributed by atoms with E-state index in [-0.39, 0.29) is 18.0 Å². The molecule has 0 saturated heterocycles. The minimum absolute atomic E-state index is 0.0700. The van der Waals surface area contributed by atoms with Crippen molar-refractivity contribution in [2.75, 3.05) is 6.54 Å². The summed E-state index contributed by atoms with van der Waals surface area (Å²) in [7, 11) is 0. The summed E-state index contributed by atoms with van der Waals surface area (Å²) in [6.07, 6.45) is 0.828. The molecule has 1 aromatic carbocycles. The highest BCUT2D eigenvalue weighted by Crippen LogP contribution is 2.10. The molecule has 1 amide bonds. The average Bonchev–Trinajstić information content (AvgIpc) is 2.25. The van der Waals surface area contributed by atoms with Crippen LogP contribution in [0.5, 0.6) is 0 Å². The lowest BCUT2D eigenvalue weighted by Gasteiger charge is -2.05. The van der Waals surface area contributed by atoms with E-state index in [4.69, 9.17) is 5.73 Å². The third-order valence-electron chi connectivity index (χ3n) is 2.05. The van der Waals surface area contributed by atoms with Gasteiger partial charge in [-0.25, -0.2) is 4.39 Å². The molecule has 0 aliphatic rings. The smallest absolute Gasteiger partial charge is 0.254 e. The second-order valence-corrected chi connectivity index (χ2v) is 3.27. The minimum Gasteiger partial charge on any atom is -0.352 e. The van der Waals surface area contributed by atoms with E-state index in [0.29, 0.717) is 12.1 Å². The first-order valence-electron chi connectivity index (χ1n) is 4.95. The summed E-state index contributed by atoms with van der Waals surface area (Å²) < 4.78 is 13.4. The molecule has 0 spiro atoms. The topological polar surface area (TPSA) is 55.1 Å². The van der Waals surface area contributed by atoms with E-state index in [2.05, 4.69) is 5.32 Å². The van der Waals surface area contributed by atoms with Crippen LogP contribution in [0.15, 0.2) is 18.2 Å². The summed E-state index contributed by atoms with van der Waals surface area (Å²) in [5.41, 5.74) is 6.11. The molecule has 3 N–H and O–H groups in total. The monoisotopic (exact) mass is 210 g/mol. The fourth-order valence-electron chi connectivity index (χ4n) is 1.20. The zero-order chi connectivity index (χ0) is 11.3. The van der Waals surface area contributed by atoms with Gasteiger partial charge >= 0.3 is 0 Å². The van der Waals surface area contributed by atoms with Gasteiger partial charge in [0.25, 0.3) is 5.91 Å². The molecule has 0 atom stereocenters. The van der Waals surface area contributed by atoms with E-state index in [1.807, 2.05) is 6.92 Å². The Morgan fingerprint density at radius 1 is 1.53 bits per heavy atom. The quantitative estimate of drug-likeness (QED) is 0.789. The predicted molar refractivity (Wildman–Crippen MR) is 56.9 cm³/mol. The predicted octanol–water partition coefficient (Wildman–Crippen LogP) is 1.42. The van der Waals surface area contributed by atoms with Gasteiger partial charge in [0.05, 0.1) is 5.56 Å². The largest absolute Gasteiger partial charge is 0.352 e. The third kappa shape index (κ3) is 3.02. The fraction of sp³-hybridized carbons (Fsp3) is 0.364. The molecule has 0 bridgehead atoms. The van der Waals surface area contributed by atoms with E-state index in [1.54, 1.807) is 6.07 Å². The van der Waals surface area contributed by atoms with Crippen molar-refractivity contribution in [3.63, 3.8) is 0 Å². The maximum absolute atomic E-state index is 13.4. The molecule has 1 aromatic rings. The number of nitrogens with two attached hydrogens (primary N) is 1. The second-order valence-electron chi connectivity index (χ2n) is 3.27. The first-order chi connectivity index (χ1) is 7.19. The van der Waals surface area contributed by atoms with Gasteiger partial charge in [0, 0.05) is 13.1 Å². The van der Waals surface area contributed by atoms with Crippen molar-refractivity contribution in [2.24, 2.45) is 5.73 Å². The lowest BCUT2D eigenvalue weighted by molar-refractivity contribution is 0.0949. The van der Waals surface area contributed by atoms with Crippen molar-refractivity contribution in [1.29, 1.82) is 0 Å². The highest BCUT2D eigenvalue weighted by molar-refractivity contribution is 5.94. The van der Waals surface area contributed by atoms with Crippen molar-refractivity contribution in [3.05, 3.63) is 35.1 Å². The molecule has 82 valence electrons. The molecule has 0 heterocycles. The molecule has 0 saturated carbocycles. The molecule has 0 radical (unpaired) electrons. The van der Waals surface area contributed by atoms with Gasteiger partial charge in [-0.05, 0) is 24.1 Å². The standard InChI is InChI=1S/C11H15FN2O/c1-2-5-14-11(15)9-4-3-8(7-13)6-10(9)12/h3-4,6H,2,5,7,13H2,1H3,(H,14,15). The lowest BCUT2D eigenvalue weighted by Crippen LogP contribution is -2.25. The van der Waals surface area contributed by atoms with Crippen LogP contribution in [0.1, 0.15) is 29.3 Å². The van der Waals surface area contributed by atoms with Crippen molar-refractivity contribution in [2.45, 2.75) is 19.9 Å². The molecule has 0 aliphatic heterocycles. The summed E-state index contributed by atoms with van der Waals surface area (Å²) in [5.74, 6) is -0.899. The van der Waals surface area contributed by atoms with E-state index in [1.165, 1.54) is 12.1 Å². The van der Waals surface area contributed by atoms with Crippen molar-refractivity contribution < 1.29 is 9.18 Å². The highest BCUT2D eigenvalue weighted by atomic mass is 19.1. The van der Waals surface area contributed by atoms with Gasteiger partial charge in [-0.15, -0.1) is 0 Å². The van der Waals surface area contributed by atoms with Gasteiger partial charge in [0.15, 0.2) is 0 Å². The van der Waals surface area contributed by atoms with Crippen LogP contribution in [0.25, 0.3) is 0 Å². The first-order valence-corrected chi connectivity index (χ1v) is 4.95. The summed E-state index contributed by atoms with van der Waals surface area (Å²) in [6, 6.07) is 4.41. The number of amides is 1. The van der Waals surface area contributed by atoms with E-state index >= 15 is 0 Å². The van der Waals surface area contributed by atoms with Crippen molar-refractivity contribution in [3.8, 4) is 0 Å². The van der Waals surface area contributed by atoms with Gasteiger partial charge < -0.3 is 11.1 Å². The molecule has 0 unspecified atom stereocenters. The molecule has 3 nitrogen and oxygen atoms in total. The van der Waals surface area contributed by atoms with E-state index in [9.17, 15) is 9.18 Å². The number of halogens is 1. The number of hydrogen-bond donors (Lipinski definition) is 2. The van der Waals surface area contributed by atoms with Gasteiger partial charge in [0.1, 0.15) is 5.82 Å². The molecule has 1 rings (SSSR count). The number of carbonyl (C=O) groups excluding carboxylic acids is 1. The average molecular weight is 210 g/mol. The molecular weight excluding hydrogens is 195 g/mol. The molecule has 4 heteroatoms. The van der Waals surface area contributed by atoms with Crippen LogP contribution in [0.2, 0.25) is 0 Å². The Hall–Kier alpha value is -1.42. The zero-order valence-electron chi connectivity index (χ0n) is 8.72. The Balaban J connectivity index is 2.81. The van der Waals surface area contributed by atoms with Crippen LogP contribution in [-0.2, 0) is 6.54 Å². The van der Waals surface area contributed by atoms with Gasteiger partial charge in [0.2, 0.25) is 0 Å². The Morgan fingerprint density at radius 2 is 2.27 bits per heavy atom. The van der Waals surface area contributed by atoms with Crippen LogP contribution in [-0.4, -0.2) is 12.5 Å². The first kappa shape index (κ1) is 11.7. The Bertz CT molecular complexity index is 352. The van der Waals surface area contributed by atoms with Crippen LogP contribution in [0, 0.1) is 5.82 Å². The molecule has 15 heavy (non-hydrogen) atoms. The minimum atomic E-state index is -0.522. The van der Waals surface area contributed by atoms with E-state index < -0.39 is 5.82 Å². The maximum Gasteiger partial charge on any atom is 0.254 e. The molecule has 0 aliphatic carbocycles. The highest BCUT2D eigenvalue weighted by Gasteiger charge is 2.10. The second kappa shape index (κ2) is 5.46. The van der Waals surface area contributed by atoms with Crippen molar-refractivity contribution >= 4 is 5.91 Å². The normalized spacial score (nSPS) is 10.1. The van der Waals surface area contributed by atoms with Crippen LogP contribution in [0.3, 0.4) is 0 Å². The summed E-state index contributed by atoms with van der Waals surface area (Å²) in [4.78, 5) is 11.4. The SMILES string of the molecule is CCCNC(=O)c1ccc(CN)cc1F. The number of hydrogen-bond acceptors (Lipinski definition) is 2. The molecule has 0 aromatic heterocycles. The Morgan fingerprint density at radius 3 is 2.80 bits per heavy atom. The third-order valence-corrected chi connectivity index (χ3v) is 2.05. The van der Waals surface area contributed by atoms with Crippen LogP contribution < -0.4 is 11.1 Å². The van der Waals surface area contributed by atoms with Gasteiger partial charge in [-0.2, -0.15) is 0 Å². The van der Waals surface area contributed by atoms with Crippen molar-refractivity contribution in [1.82, 2.24) is 5.32 Å². The Labute approximate surface area is 88.5 Å². The van der Waals surface area contributed by atoms with Gasteiger partial charge in [-0.3, -0.25) is 4.79 Å². The summed E-state index contributed by atoms with van der Waals surface area (Å²) in [5, 5.41) is 2.62. The maximum atomic E-state index is 13.4. The molecular formula is C11H15FN2O.